The summed E-state index contributed by atoms with van der Waals surface area (Å²) in [6, 6.07) is 23.4. The molecule has 0 aliphatic carbocycles. The van der Waals surface area contributed by atoms with E-state index in [0.29, 0.717) is 17.5 Å². The minimum absolute atomic E-state index is 0.157. The number of aromatic nitrogens is 3. The van der Waals surface area contributed by atoms with Crippen LogP contribution in [-0.2, 0) is 0 Å². The summed E-state index contributed by atoms with van der Waals surface area (Å²) in [4.78, 5) is 23.8. The van der Waals surface area contributed by atoms with Crippen LogP contribution in [0.15, 0.2) is 84.0 Å². The lowest BCUT2D eigenvalue weighted by Gasteiger charge is -2.10. The molecule has 11 heteroatoms. The topological polar surface area (TPSA) is 139 Å². The Morgan fingerprint density at radius 3 is 1.94 bits per heavy atom. The molecule has 0 unspecified atom stereocenters. The van der Waals surface area contributed by atoms with Gasteiger partial charge in [0.2, 0.25) is 17.8 Å². The summed E-state index contributed by atoms with van der Waals surface area (Å²) in [6.45, 7) is 0. The first-order valence-electron chi connectivity index (χ1n) is 10.1. The highest BCUT2D eigenvalue weighted by molar-refractivity contribution is 5.82. The summed E-state index contributed by atoms with van der Waals surface area (Å²) in [7, 11) is 1.38. The molecule has 0 saturated heterocycles. The van der Waals surface area contributed by atoms with Gasteiger partial charge in [-0.05, 0) is 36.4 Å². The molecule has 0 aliphatic heterocycles. The minimum atomic E-state index is -0.515. The van der Waals surface area contributed by atoms with Gasteiger partial charge in [-0.15, -0.1) is 0 Å². The maximum Gasteiger partial charge on any atom is 0.311 e. The van der Waals surface area contributed by atoms with E-state index in [0.717, 1.165) is 11.4 Å². The quantitative estimate of drug-likeness (QED) is 0.185. The van der Waals surface area contributed by atoms with E-state index in [-0.39, 0.29) is 17.4 Å². The maximum absolute atomic E-state index is 11.2. The first kappa shape index (κ1) is 22.1. The molecule has 0 aliphatic rings. The highest BCUT2D eigenvalue weighted by Crippen LogP contribution is 2.27. The zero-order valence-corrected chi connectivity index (χ0v) is 18.0. The fraction of sp³-hybridized carbons (Fsp3) is 0.0435. The van der Waals surface area contributed by atoms with Crippen LogP contribution in [0.5, 0.6) is 5.75 Å². The minimum Gasteiger partial charge on any atom is -0.490 e. The van der Waals surface area contributed by atoms with Crippen LogP contribution in [-0.4, -0.2) is 33.2 Å². The molecule has 0 atom stereocenters. The third-order valence-electron chi connectivity index (χ3n) is 4.47. The lowest BCUT2D eigenvalue weighted by Crippen LogP contribution is -2.07. The zero-order valence-electron chi connectivity index (χ0n) is 18.0. The van der Waals surface area contributed by atoms with Crippen molar-refractivity contribution in [1.82, 2.24) is 15.0 Å². The van der Waals surface area contributed by atoms with Gasteiger partial charge in [-0.25, -0.2) is 5.43 Å². The molecule has 34 heavy (non-hydrogen) atoms. The number of hydrogen-bond acceptors (Lipinski definition) is 10. The molecular formula is C23H20N8O3. The number of anilines is 5. The number of nitrogens with one attached hydrogen (secondary N) is 3. The first-order chi connectivity index (χ1) is 16.6. The van der Waals surface area contributed by atoms with Crippen molar-refractivity contribution >= 4 is 41.1 Å². The Balaban J connectivity index is 1.57. The number of ether oxygens (including phenoxy) is 1. The highest BCUT2D eigenvalue weighted by Gasteiger charge is 2.14. The van der Waals surface area contributed by atoms with E-state index in [1.807, 2.05) is 60.7 Å². The van der Waals surface area contributed by atoms with Gasteiger partial charge in [-0.1, -0.05) is 36.4 Å². The number of rotatable bonds is 9. The predicted molar refractivity (Wildman–Crippen MR) is 130 cm³/mol. The number of hydrazone groups is 1. The average Bonchev–Trinajstić information content (AvgIpc) is 2.85. The van der Waals surface area contributed by atoms with Gasteiger partial charge in [0.05, 0.1) is 18.2 Å². The summed E-state index contributed by atoms with van der Waals surface area (Å²) in [5.74, 6) is 0.946. The summed E-state index contributed by atoms with van der Waals surface area (Å²) >= 11 is 0. The van der Waals surface area contributed by atoms with Crippen LogP contribution in [0.1, 0.15) is 5.56 Å². The number of nitrogens with zero attached hydrogens (tertiary/aromatic N) is 5. The number of nitro groups is 1. The molecule has 3 N–H and O–H groups in total. The van der Waals surface area contributed by atoms with Gasteiger partial charge in [-0.2, -0.15) is 20.1 Å². The van der Waals surface area contributed by atoms with E-state index < -0.39 is 4.92 Å². The standard InChI is InChI=1S/C23H20N8O3/c1-34-20-13-12-16(14-19(20)31(32)33)15-24-30-23-28-21(25-17-8-4-2-5-9-17)27-22(29-23)26-18-10-6-3-7-11-18/h2-15H,1H3,(H3,25,26,27,28,29,30). The van der Waals surface area contributed by atoms with Crippen molar-refractivity contribution in [2.45, 2.75) is 0 Å². The van der Waals surface area contributed by atoms with Crippen LogP contribution < -0.4 is 20.8 Å². The lowest BCUT2D eigenvalue weighted by molar-refractivity contribution is -0.385. The van der Waals surface area contributed by atoms with Crippen molar-refractivity contribution in [1.29, 1.82) is 0 Å². The van der Waals surface area contributed by atoms with Crippen LogP contribution >= 0.6 is 0 Å². The third-order valence-corrected chi connectivity index (χ3v) is 4.47. The Hall–Kier alpha value is -5.06. The fourth-order valence-corrected chi connectivity index (χ4v) is 2.93. The monoisotopic (exact) mass is 456 g/mol. The zero-order chi connectivity index (χ0) is 23.8. The second-order valence-corrected chi connectivity index (χ2v) is 6.85. The van der Waals surface area contributed by atoms with E-state index in [1.54, 1.807) is 6.07 Å². The second kappa shape index (κ2) is 10.5. The average molecular weight is 456 g/mol. The molecule has 4 rings (SSSR count). The molecule has 11 nitrogen and oxygen atoms in total. The number of para-hydroxylation sites is 2. The molecule has 0 spiro atoms. The maximum atomic E-state index is 11.2. The first-order valence-corrected chi connectivity index (χ1v) is 10.1. The van der Waals surface area contributed by atoms with Crippen LogP contribution in [0.4, 0.5) is 34.9 Å². The molecule has 0 radical (unpaired) electrons. The third kappa shape index (κ3) is 5.79. The Bertz CT molecular complexity index is 1240. The Morgan fingerprint density at radius 1 is 0.853 bits per heavy atom. The van der Waals surface area contributed by atoms with E-state index in [9.17, 15) is 10.1 Å². The van der Waals surface area contributed by atoms with Crippen LogP contribution in [0.25, 0.3) is 0 Å². The van der Waals surface area contributed by atoms with Crippen molar-refractivity contribution in [2.24, 2.45) is 5.10 Å². The summed E-state index contributed by atoms with van der Waals surface area (Å²) in [5, 5.41) is 21.6. The van der Waals surface area contributed by atoms with Crippen molar-refractivity contribution in [3.05, 3.63) is 94.5 Å². The Kier molecular flexibility index (Phi) is 6.84. The second-order valence-electron chi connectivity index (χ2n) is 6.85. The molecule has 0 amide bonds. The van der Waals surface area contributed by atoms with Gasteiger partial charge < -0.3 is 15.4 Å². The van der Waals surface area contributed by atoms with Gasteiger partial charge >= 0.3 is 5.69 Å². The fourth-order valence-electron chi connectivity index (χ4n) is 2.93. The molecule has 4 aromatic rings. The largest absolute Gasteiger partial charge is 0.490 e. The molecule has 170 valence electrons. The lowest BCUT2D eigenvalue weighted by atomic mass is 10.2. The van der Waals surface area contributed by atoms with Gasteiger partial charge in [0.1, 0.15) is 0 Å². The number of methoxy groups -OCH3 is 1. The molecule has 0 bridgehead atoms. The summed E-state index contributed by atoms with van der Waals surface area (Å²) in [6.07, 6.45) is 1.42. The van der Waals surface area contributed by atoms with E-state index in [1.165, 1.54) is 25.5 Å². The van der Waals surface area contributed by atoms with E-state index in [4.69, 9.17) is 4.74 Å². The molecule has 3 aromatic carbocycles. The molecule has 1 heterocycles. The Labute approximate surface area is 194 Å². The summed E-state index contributed by atoms with van der Waals surface area (Å²) < 4.78 is 5.02. The van der Waals surface area contributed by atoms with Gasteiger partial charge in [0, 0.05) is 23.0 Å². The van der Waals surface area contributed by atoms with Crippen molar-refractivity contribution in [3.63, 3.8) is 0 Å². The molecular weight excluding hydrogens is 436 g/mol. The van der Waals surface area contributed by atoms with Gasteiger partial charge in [0.15, 0.2) is 5.75 Å². The predicted octanol–water partition coefficient (Wildman–Crippen LogP) is 4.72. The summed E-state index contributed by atoms with van der Waals surface area (Å²) in [5.41, 5.74) is 4.70. The normalized spacial score (nSPS) is 10.6. The molecule has 1 aromatic heterocycles. The van der Waals surface area contributed by atoms with Crippen molar-refractivity contribution < 1.29 is 9.66 Å². The molecule has 0 saturated carbocycles. The van der Waals surface area contributed by atoms with Crippen LogP contribution in [0, 0.1) is 10.1 Å². The smallest absolute Gasteiger partial charge is 0.311 e. The SMILES string of the molecule is COc1ccc(C=NNc2nc(Nc3ccccc3)nc(Nc3ccccc3)n2)cc1[N+](=O)[O-]. The highest BCUT2D eigenvalue weighted by atomic mass is 16.6. The number of benzene rings is 3. The number of hydrogen-bond donors (Lipinski definition) is 3. The number of nitro benzene ring substituents is 1. The Morgan fingerprint density at radius 2 is 1.41 bits per heavy atom. The van der Waals surface area contributed by atoms with E-state index >= 15 is 0 Å². The van der Waals surface area contributed by atoms with Crippen molar-refractivity contribution in [3.8, 4) is 5.75 Å². The van der Waals surface area contributed by atoms with Gasteiger partial charge in [-0.3, -0.25) is 10.1 Å². The van der Waals surface area contributed by atoms with Crippen molar-refractivity contribution in [2.75, 3.05) is 23.2 Å². The van der Waals surface area contributed by atoms with Gasteiger partial charge in [0.25, 0.3) is 0 Å². The van der Waals surface area contributed by atoms with Crippen LogP contribution in [0.2, 0.25) is 0 Å². The van der Waals surface area contributed by atoms with E-state index in [2.05, 4.69) is 36.1 Å². The van der Waals surface area contributed by atoms with Crippen LogP contribution in [0.3, 0.4) is 0 Å². The molecule has 0 fully saturated rings.